The van der Waals surface area contributed by atoms with Gasteiger partial charge in [-0.05, 0) is 26.3 Å². The Bertz CT molecular complexity index is 188. The summed E-state index contributed by atoms with van der Waals surface area (Å²) in [7, 11) is 3.70. The fourth-order valence-electron chi connectivity index (χ4n) is 2.58. The third-order valence-electron chi connectivity index (χ3n) is 3.54. The van der Waals surface area contributed by atoms with Crippen molar-refractivity contribution in [2.45, 2.75) is 44.1 Å². The van der Waals surface area contributed by atoms with Crippen molar-refractivity contribution in [3.8, 4) is 0 Å². The van der Waals surface area contributed by atoms with E-state index in [1.165, 1.54) is 32.1 Å². The molecule has 0 radical (unpaired) electrons. The maximum Gasteiger partial charge on any atom is 0.0806 e. The predicted octanol–water partition coefficient (Wildman–Crippen LogP) is 1.98. The van der Waals surface area contributed by atoms with E-state index in [-0.39, 0.29) is 5.60 Å². The van der Waals surface area contributed by atoms with Crippen LogP contribution in [0, 0.1) is 0 Å². The fraction of sp³-hybridized carbons (Fsp3) is 1.00. The first kappa shape index (κ1) is 15.9. The lowest BCUT2D eigenvalue weighted by Gasteiger charge is -2.37. The summed E-state index contributed by atoms with van der Waals surface area (Å²) in [6.45, 7) is 3.88. The topological polar surface area (TPSA) is 39.7 Å². The quantitative estimate of drug-likeness (QED) is 0.609. The smallest absolute Gasteiger partial charge is 0.0806 e. The molecule has 1 aliphatic rings. The van der Waals surface area contributed by atoms with Crippen molar-refractivity contribution in [1.82, 2.24) is 5.32 Å². The normalized spacial score (nSPS) is 19.0. The molecule has 1 rings (SSSR count). The SMILES string of the molecule is CNCC1(OCCCOCCOC)CCCCC1. The molecule has 0 aromatic heterocycles. The fourth-order valence-corrected chi connectivity index (χ4v) is 2.58. The average molecular weight is 259 g/mol. The van der Waals surface area contributed by atoms with Crippen LogP contribution in [0.25, 0.3) is 0 Å². The highest BCUT2D eigenvalue weighted by Crippen LogP contribution is 2.31. The van der Waals surface area contributed by atoms with Crippen molar-refractivity contribution in [2.75, 3.05) is 47.1 Å². The summed E-state index contributed by atoms with van der Waals surface area (Å²) in [6, 6.07) is 0. The van der Waals surface area contributed by atoms with Crippen molar-refractivity contribution < 1.29 is 14.2 Å². The molecule has 1 fully saturated rings. The number of nitrogens with one attached hydrogen (secondary N) is 1. The molecule has 1 saturated carbocycles. The molecular weight excluding hydrogens is 230 g/mol. The highest BCUT2D eigenvalue weighted by Gasteiger charge is 2.31. The lowest BCUT2D eigenvalue weighted by Crippen LogP contribution is -2.44. The molecule has 0 unspecified atom stereocenters. The van der Waals surface area contributed by atoms with Gasteiger partial charge < -0.3 is 19.5 Å². The van der Waals surface area contributed by atoms with Gasteiger partial charge in [0.05, 0.1) is 18.8 Å². The Labute approximate surface area is 111 Å². The molecular formula is C14H29NO3. The number of rotatable bonds is 10. The van der Waals surface area contributed by atoms with Crippen LogP contribution in [0.2, 0.25) is 0 Å². The van der Waals surface area contributed by atoms with Gasteiger partial charge in [-0.3, -0.25) is 0 Å². The second-order valence-electron chi connectivity index (χ2n) is 5.08. The van der Waals surface area contributed by atoms with Crippen molar-refractivity contribution in [2.24, 2.45) is 0 Å². The number of methoxy groups -OCH3 is 1. The van der Waals surface area contributed by atoms with E-state index in [1.54, 1.807) is 7.11 Å². The molecule has 0 bridgehead atoms. The Hall–Kier alpha value is -0.160. The molecule has 0 atom stereocenters. The zero-order chi connectivity index (χ0) is 13.1. The molecule has 108 valence electrons. The Morgan fingerprint density at radius 3 is 2.44 bits per heavy atom. The molecule has 1 N–H and O–H groups in total. The minimum Gasteiger partial charge on any atom is -0.382 e. The maximum atomic E-state index is 6.14. The molecule has 0 spiro atoms. The Morgan fingerprint density at radius 1 is 1.00 bits per heavy atom. The van der Waals surface area contributed by atoms with Gasteiger partial charge in [0.1, 0.15) is 0 Å². The van der Waals surface area contributed by atoms with Crippen LogP contribution >= 0.6 is 0 Å². The van der Waals surface area contributed by atoms with E-state index in [9.17, 15) is 0 Å². The largest absolute Gasteiger partial charge is 0.382 e. The Morgan fingerprint density at radius 2 is 1.78 bits per heavy atom. The Kier molecular flexibility index (Phi) is 8.59. The summed E-state index contributed by atoms with van der Waals surface area (Å²) >= 11 is 0. The lowest BCUT2D eigenvalue weighted by molar-refractivity contribution is -0.0735. The third kappa shape index (κ3) is 6.14. The van der Waals surface area contributed by atoms with E-state index in [2.05, 4.69) is 5.32 Å². The second-order valence-corrected chi connectivity index (χ2v) is 5.08. The Balaban J connectivity index is 2.10. The van der Waals surface area contributed by atoms with Crippen molar-refractivity contribution in [3.05, 3.63) is 0 Å². The van der Waals surface area contributed by atoms with Gasteiger partial charge in [-0.25, -0.2) is 0 Å². The molecule has 0 saturated heterocycles. The van der Waals surface area contributed by atoms with Crippen molar-refractivity contribution in [1.29, 1.82) is 0 Å². The summed E-state index contributed by atoms with van der Waals surface area (Å²) in [5.74, 6) is 0. The van der Waals surface area contributed by atoms with Gasteiger partial charge in [0.15, 0.2) is 0 Å². The van der Waals surface area contributed by atoms with Gasteiger partial charge in [-0.15, -0.1) is 0 Å². The maximum absolute atomic E-state index is 6.14. The minimum atomic E-state index is 0.0829. The van der Waals surface area contributed by atoms with Crippen LogP contribution in [-0.4, -0.2) is 52.7 Å². The zero-order valence-electron chi connectivity index (χ0n) is 12.0. The highest BCUT2D eigenvalue weighted by atomic mass is 16.5. The van der Waals surface area contributed by atoms with Gasteiger partial charge >= 0.3 is 0 Å². The lowest BCUT2D eigenvalue weighted by atomic mass is 9.84. The number of hydrogen-bond acceptors (Lipinski definition) is 4. The van der Waals surface area contributed by atoms with Crippen LogP contribution in [0.5, 0.6) is 0 Å². The molecule has 0 aliphatic heterocycles. The van der Waals surface area contributed by atoms with Crippen LogP contribution in [0.4, 0.5) is 0 Å². The number of ether oxygens (including phenoxy) is 3. The number of likely N-dealkylation sites (N-methyl/N-ethyl adjacent to an activating group) is 1. The van der Waals surface area contributed by atoms with Gasteiger partial charge in [-0.2, -0.15) is 0 Å². The molecule has 0 aromatic carbocycles. The van der Waals surface area contributed by atoms with E-state index in [0.717, 1.165) is 26.2 Å². The van der Waals surface area contributed by atoms with Crippen LogP contribution in [0.1, 0.15) is 38.5 Å². The summed E-state index contributed by atoms with van der Waals surface area (Å²) in [4.78, 5) is 0. The monoisotopic (exact) mass is 259 g/mol. The standard InChI is InChI=1S/C14H29NO3/c1-15-13-14(7-4-3-5-8-14)18-10-6-9-17-12-11-16-2/h15H,3-13H2,1-2H3. The van der Waals surface area contributed by atoms with Crippen molar-refractivity contribution in [3.63, 3.8) is 0 Å². The van der Waals surface area contributed by atoms with Gasteiger partial charge in [0, 0.05) is 26.9 Å². The summed E-state index contributed by atoms with van der Waals surface area (Å²) < 4.78 is 16.5. The summed E-state index contributed by atoms with van der Waals surface area (Å²) in [5.41, 5.74) is 0.0829. The first-order valence-electron chi connectivity index (χ1n) is 7.18. The van der Waals surface area contributed by atoms with E-state index in [1.807, 2.05) is 7.05 Å². The third-order valence-corrected chi connectivity index (χ3v) is 3.54. The molecule has 18 heavy (non-hydrogen) atoms. The van der Waals surface area contributed by atoms with Crippen LogP contribution in [0.15, 0.2) is 0 Å². The summed E-state index contributed by atoms with van der Waals surface area (Å²) in [5, 5.41) is 3.27. The van der Waals surface area contributed by atoms with Crippen LogP contribution in [0.3, 0.4) is 0 Å². The van der Waals surface area contributed by atoms with E-state index < -0.39 is 0 Å². The molecule has 4 nitrogen and oxygen atoms in total. The van der Waals surface area contributed by atoms with Crippen molar-refractivity contribution >= 4 is 0 Å². The van der Waals surface area contributed by atoms with Crippen LogP contribution in [-0.2, 0) is 14.2 Å². The molecule has 0 heterocycles. The molecule has 1 aliphatic carbocycles. The van der Waals surface area contributed by atoms with E-state index in [4.69, 9.17) is 14.2 Å². The summed E-state index contributed by atoms with van der Waals surface area (Å²) in [6.07, 6.45) is 7.30. The first-order chi connectivity index (χ1) is 8.83. The predicted molar refractivity (Wildman–Crippen MR) is 73.0 cm³/mol. The second kappa shape index (κ2) is 9.73. The number of hydrogen-bond donors (Lipinski definition) is 1. The van der Waals surface area contributed by atoms with Gasteiger partial charge in [0.25, 0.3) is 0 Å². The van der Waals surface area contributed by atoms with Gasteiger partial charge in [-0.1, -0.05) is 19.3 Å². The van der Waals surface area contributed by atoms with Gasteiger partial charge in [0.2, 0.25) is 0 Å². The zero-order valence-corrected chi connectivity index (χ0v) is 12.0. The molecule has 0 aromatic rings. The minimum absolute atomic E-state index is 0.0829. The molecule has 4 heteroatoms. The van der Waals surface area contributed by atoms with E-state index >= 15 is 0 Å². The van der Waals surface area contributed by atoms with Crippen LogP contribution < -0.4 is 5.32 Å². The highest BCUT2D eigenvalue weighted by molar-refractivity contribution is 4.86. The molecule has 0 amide bonds. The van der Waals surface area contributed by atoms with E-state index in [0.29, 0.717) is 13.2 Å². The average Bonchev–Trinajstić information content (AvgIpc) is 2.39. The first-order valence-corrected chi connectivity index (χ1v) is 7.18.